The second-order valence-electron chi connectivity index (χ2n) is 4.21. The summed E-state index contributed by atoms with van der Waals surface area (Å²) in [5.41, 5.74) is 0.671. The molecule has 0 aliphatic carbocycles. The molecule has 0 aliphatic rings. The molecule has 7 heteroatoms. The molecule has 1 aromatic heterocycles. The molecule has 2 N–H and O–H groups in total. The smallest absolute Gasteiger partial charge is 0.319 e. The molecule has 2 rings (SSSR count). The zero-order valence-electron chi connectivity index (χ0n) is 11.2. The Bertz CT molecular complexity index is 601. The highest BCUT2D eigenvalue weighted by Gasteiger charge is 2.14. The number of hydrogen-bond acceptors (Lipinski definition) is 3. The first-order chi connectivity index (χ1) is 10.1. The molecular weight excluding hydrogens is 331 g/mol. The van der Waals surface area contributed by atoms with Gasteiger partial charge in [-0.3, -0.25) is 0 Å². The van der Waals surface area contributed by atoms with Gasteiger partial charge in [-0.15, -0.1) is 11.3 Å². The average molecular weight is 345 g/mol. The molecule has 1 unspecified atom stereocenters. The van der Waals surface area contributed by atoms with Crippen LogP contribution in [0.15, 0.2) is 36.4 Å². The first-order valence-electron chi connectivity index (χ1n) is 6.17. The molecule has 2 amide bonds. The number of nitrogens with one attached hydrogen (secondary N) is 2. The number of amides is 2. The molecule has 2 aromatic rings. The number of rotatable bonds is 5. The van der Waals surface area contributed by atoms with Crippen molar-refractivity contribution in [1.82, 2.24) is 5.32 Å². The zero-order valence-corrected chi connectivity index (χ0v) is 13.6. The molecule has 112 valence electrons. The molecule has 1 heterocycles. The van der Waals surface area contributed by atoms with Gasteiger partial charge in [0.1, 0.15) is 6.10 Å². The number of hydrogen-bond donors (Lipinski definition) is 2. The molecule has 0 fully saturated rings. The van der Waals surface area contributed by atoms with E-state index in [1.807, 2.05) is 6.07 Å². The van der Waals surface area contributed by atoms with E-state index >= 15 is 0 Å². The van der Waals surface area contributed by atoms with Crippen LogP contribution in [0.1, 0.15) is 11.0 Å². The maximum absolute atomic E-state index is 11.8. The maximum atomic E-state index is 11.8. The minimum atomic E-state index is -0.304. The fourth-order valence-corrected chi connectivity index (χ4v) is 2.96. The van der Waals surface area contributed by atoms with Gasteiger partial charge in [0.2, 0.25) is 0 Å². The Kier molecular flexibility index (Phi) is 5.87. The van der Waals surface area contributed by atoms with Crippen LogP contribution in [0.3, 0.4) is 0 Å². The van der Waals surface area contributed by atoms with E-state index in [0.717, 1.165) is 4.88 Å². The number of carbonyl (C=O) groups is 1. The largest absolute Gasteiger partial charge is 0.374 e. The highest BCUT2D eigenvalue weighted by molar-refractivity contribution is 7.16. The summed E-state index contributed by atoms with van der Waals surface area (Å²) in [6.45, 7) is 0.354. The predicted molar refractivity (Wildman–Crippen MR) is 87.6 cm³/mol. The number of anilines is 1. The number of benzene rings is 1. The second-order valence-corrected chi connectivity index (χ2v) is 6.39. The van der Waals surface area contributed by atoms with Gasteiger partial charge in [-0.2, -0.15) is 0 Å². The average Bonchev–Trinajstić information content (AvgIpc) is 2.89. The van der Waals surface area contributed by atoms with E-state index in [1.54, 1.807) is 37.4 Å². The van der Waals surface area contributed by atoms with Crippen LogP contribution in [-0.4, -0.2) is 19.7 Å². The fraction of sp³-hybridized carbons (Fsp3) is 0.214. The summed E-state index contributed by atoms with van der Waals surface area (Å²) in [6.07, 6.45) is -0.224. The third-order valence-corrected chi connectivity index (χ3v) is 4.32. The number of urea groups is 1. The molecule has 4 nitrogen and oxygen atoms in total. The molecule has 0 radical (unpaired) electrons. The summed E-state index contributed by atoms with van der Waals surface area (Å²) in [6, 6.07) is 10.3. The van der Waals surface area contributed by atoms with Crippen LogP contribution < -0.4 is 10.6 Å². The van der Waals surface area contributed by atoms with E-state index in [1.165, 1.54) is 11.3 Å². The van der Waals surface area contributed by atoms with E-state index in [-0.39, 0.29) is 12.1 Å². The molecule has 21 heavy (non-hydrogen) atoms. The van der Waals surface area contributed by atoms with Crippen LogP contribution in [0.2, 0.25) is 9.36 Å². The monoisotopic (exact) mass is 344 g/mol. The lowest BCUT2D eigenvalue weighted by molar-refractivity contribution is 0.107. The van der Waals surface area contributed by atoms with Crippen molar-refractivity contribution < 1.29 is 9.53 Å². The quantitative estimate of drug-likeness (QED) is 0.834. The van der Waals surface area contributed by atoms with Crippen LogP contribution in [0, 0.1) is 0 Å². The van der Waals surface area contributed by atoms with Crippen molar-refractivity contribution in [2.24, 2.45) is 0 Å². The Morgan fingerprint density at radius 1 is 1.24 bits per heavy atom. The van der Waals surface area contributed by atoms with Gasteiger partial charge in [-0.25, -0.2) is 4.79 Å². The van der Waals surface area contributed by atoms with Crippen molar-refractivity contribution in [3.8, 4) is 0 Å². The first-order valence-corrected chi connectivity index (χ1v) is 7.74. The SMILES string of the molecule is COC(CNC(=O)Nc1ccc(Cl)cc1)c1ccc(Cl)s1. The van der Waals surface area contributed by atoms with E-state index in [9.17, 15) is 4.79 Å². The number of carbonyl (C=O) groups excluding carboxylic acids is 1. The molecule has 0 spiro atoms. The molecule has 0 bridgehead atoms. The lowest BCUT2D eigenvalue weighted by Gasteiger charge is -2.15. The topological polar surface area (TPSA) is 50.4 Å². The van der Waals surface area contributed by atoms with Crippen LogP contribution in [0.5, 0.6) is 0 Å². The van der Waals surface area contributed by atoms with Crippen molar-refractivity contribution in [2.45, 2.75) is 6.10 Å². The highest BCUT2D eigenvalue weighted by atomic mass is 35.5. The lowest BCUT2D eigenvalue weighted by Crippen LogP contribution is -2.32. The number of halogens is 2. The summed E-state index contributed by atoms with van der Waals surface area (Å²) in [4.78, 5) is 12.8. The summed E-state index contributed by atoms with van der Waals surface area (Å²) in [5, 5.41) is 6.10. The van der Waals surface area contributed by atoms with Crippen molar-refractivity contribution in [3.63, 3.8) is 0 Å². The number of ether oxygens (including phenoxy) is 1. The van der Waals surface area contributed by atoms with Crippen molar-refractivity contribution in [2.75, 3.05) is 19.0 Å². The predicted octanol–water partition coefficient (Wildman–Crippen LogP) is 4.56. The second kappa shape index (κ2) is 7.66. The standard InChI is InChI=1S/C14H14Cl2N2O2S/c1-20-11(12-6-7-13(16)21-12)8-17-14(19)18-10-4-2-9(15)3-5-10/h2-7,11H,8H2,1H3,(H2,17,18,19). The van der Waals surface area contributed by atoms with Gasteiger partial charge >= 0.3 is 6.03 Å². The normalized spacial score (nSPS) is 12.0. The van der Waals surface area contributed by atoms with Gasteiger partial charge in [0.05, 0.1) is 10.9 Å². The summed E-state index contributed by atoms with van der Waals surface area (Å²) in [5.74, 6) is 0. The van der Waals surface area contributed by atoms with Gasteiger partial charge in [-0.05, 0) is 36.4 Å². The number of thiophene rings is 1. The molecular formula is C14H14Cl2N2O2S. The Labute approximate surface area is 137 Å². The third kappa shape index (κ3) is 4.89. The Hall–Kier alpha value is -1.27. The molecule has 0 saturated carbocycles. The summed E-state index contributed by atoms with van der Waals surface area (Å²) < 4.78 is 6.05. The van der Waals surface area contributed by atoms with Crippen molar-refractivity contribution in [1.29, 1.82) is 0 Å². The van der Waals surface area contributed by atoms with E-state index in [0.29, 0.717) is 21.6 Å². The molecule has 1 atom stereocenters. The van der Waals surface area contributed by atoms with Gasteiger partial charge in [0.15, 0.2) is 0 Å². The minimum Gasteiger partial charge on any atom is -0.374 e. The lowest BCUT2D eigenvalue weighted by atomic mass is 10.3. The van der Waals surface area contributed by atoms with Gasteiger partial charge in [0, 0.05) is 22.7 Å². The van der Waals surface area contributed by atoms with E-state index in [2.05, 4.69) is 10.6 Å². The summed E-state index contributed by atoms with van der Waals surface area (Å²) >= 11 is 13.1. The number of methoxy groups -OCH3 is 1. The third-order valence-electron chi connectivity index (χ3n) is 2.75. The van der Waals surface area contributed by atoms with Crippen molar-refractivity contribution >= 4 is 46.3 Å². The van der Waals surface area contributed by atoms with Crippen LogP contribution in [-0.2, 0) is 4.74 Å². The molecule has 0 aliphatic heterocycles. The van der Waals surface area contributed by atoms with Crippen molar-refractivity contribution in [3.05, 3.63) is 50.6 Å². The van der Waals surface area contributed by atoms with Gasteiger partial charge in [-0.1, -0.05) is 23.2 Å². The van der Waals surface area contributed by atoms with E-state index < -0.39 is 0 Å². The van der Waals surface area contributed by atoms with Gasteiger partial charge in [0.25, 0.3) is 0 Å². The molecule has 0 saturated heterocycles. The fourth-order valence-electron chi connectivity index (χ4n) is 1.70. The zero-order chi connectivity index (χ0) is 15.2. The van der Waals surface area contributed by atoms with Crippen LogP contribution in [0.25, 0.3) is 0 Å². The molecule has 1 aromatic carbocycles. The Morgan fingerprint density at radius 2 is 1.95 bits per heavy atom. The first kappa shape index (κ1) is 16.1. The Balaban J connectivity index is 1.86. The van der Waals surface area contributed by atoms with Gasteiger partial charge < -0.3 is 15.4 Å². The Morgan fingerprint density at radius 3 is 2.52 bits per heavy atom. The van der Waals surface area contributed by atoms with Crippen LogP contribution >= 0.6 is 34.5 Å². The summed E-state index contributed by atoms with van der Waals surface area (Å²) in [7, 11) is 1.59. The highest BCUT2D eigenvalue weighted by Crippen LogP contribution is 2.28. The van der Waals surface area contributed by atoms with Crippen LogP contribution in [0.4, 0.5) is 10.5 Å². The maximum Gasteiger partial charge on any atom is 0.319 e. The van der Waals surface area contributed by atoms with E-state index in [4.69, 9.17) is 27.9 Å². The minimum absolute atomic E-state index is 0.224.